The van der Waals surface area contributed by atoms with Gasteiger partial charge in [0.15, 0.2) is 0 Å². The zero-order valence-electron chi connectivity index (χ0n) is 20.2. The first-order valence-electron chi connectivity index (χ1n) is 11.8. The van der Waals surface area contributed by atoms with E-state index in [9.17, 15) is 0 Å². The van der Waals surface area contributed by atoms with Gasteiger partial charge in [-0.2, -0.15) is 0 Å². The van der Waals surface area contributed by atoms with E-state index < -0.39 is 0 Å². The van der Waals surface area contributed by atoms with Crippen LogP contribution in [0.15, 0.2) is 91.1 Å². The number of hydrogen-bond donors (Lipinski definition) is 0. The number of aromatic nitrogens is 1. The molecule has 164 valence electrons. The van der Waals surface area contributed by atoms with Crippen molar-refractivity contribution in [3.63, 3.8) is 0 Å². The smallest absolute Gasteiger partial charge is 0.333 e. The number of aryl methyl sites for hydroxylation is 3. The van der Waals surface area contributed by atoms with Crippen LogP contribution >= 0.6 is 0 Å². The molecule has 0 spiro atoms. The van der Waals surface area contributed by atoms with Gasteiger partial charge in [0.1, 0.15) is 11.4 Å². The van der Waals surface area contributed by atoms with Gasteiger partial charge >= 0.3 is 6.98 Å². The number of para-hydroxylation sites is 2. The van der Waals surface area contributed by atoms with Crippen molar-refractivity contribution in [2.24, 2.45) is 7.05 Å². The highest BCUT2D eigenvalue weighted by Gasteiger charge is 2.54. The van der Waals surface area contributed by atoms with Gasteiger partial charge in [0.05, 0.1) is 13.2 Å². The van der Waals surface area contributed by atoms with E-state index in [0.717, 1.165) is 0 Å². The lowest BCUT2D eigenvalue weighted by molar-refractivity contribution is -0.657. The molecule has 0 fully saturated rings. The lowest BCUT2D eigenvalue weighted by Crippen LogP contribution is -2.56. The van der Waals surface area contributed by atoms with E-state index in [2.05, 4.69) is 140 Å². The molecule has 0 amide bonds. The molecule has 0 bridgehead atoms. The number of anilines is 4. The highest BCUT2D eigenvalue weighted by Crippen LogP contribution is 2.45. The summed E-state index contributed by atoms with van der Waals surface area (Å²) in [7, 11) is 2.15. The van der Waals surface area contributed by atoms with Crippen molar-refractivity contribution in [3.8, 4) is 0 Å². The SMILES string of the molecule is Cc1ccccc1N1B(c2c(C)cccc2C(C)C)N(c2ccccc2)c2ccc[n+](C)c21. The van der Waals surface area contributed by atoms with Crippen molar-refractivity contribution in [2.75, 3.05) is 9.62 Å². The molecule has 1 aliphatic rings. The first-order chi connectivity index (χ1) is 16.0. The summed E-state index contributed by atoms with van der Waals surface area (Å²) in [6.07, 6.45) is 2.15. The Morgan fingerprint density at radius 2 is 1.36 bits per heavy atom. The normalized spacial score (nSPS) is 13.1. The maximum atomic E-state index is 2.53. The Bertz CT molecular complexity index is 1300. The van der Waals surface area contributed by atoms with Crippen molar-refractivity contribution >= 4 is 35.3 Å². The number of pyridine rings is 1. The Morgan fingerprint density at radius 1 is 0.697 bits per heavy atom. The van der Waals surface area contributed by atoms with Crippen molar-refractivity contribution in [1.29, 1.82) is 0 Å². The van der Waals surface area contributed by atoms with Gasteiger partial charge < -0.3 is 4.81 Å². The van der Waals surface area contributed by atoms with Gasteiger partial charge in [-0.1, -0.05) is 68.4 Å². The standard InChI is InChI=1S/C29H31BN3/c1-21(2)25-17-11-14-23(4)28(25)30-32(24-15-7-6-8-16-24)27-19-12-20-31(5)29(27)33(30)26-18-10-9-13-22(26)3/h6-21H,1-5H3/q+1. The molecule has 0 radical (unpaired) electrons. The van der Waals surface area contributed by atoms with E-state index in [1.54, 1.807) is 0 Å². The zero-order valence-corrected chi connectivity index (χ0v) is 20.2. The van der Waals surface area contributed by atoms with Gasteiger partial charge in [0.25, 0.3) is 5.82 Å². The van der Waals surface area contributed by atoms with Crippen LogP contribution < -0.4 is 19.7 Å². The van der Waals surface area contributed by atoms with Gasteiger partial charge in [-0.15, -0.1) is 0 Å². The minimum absolute atomic E-state index is 0.00991. The Morgan fingerprint density at radius 3 is 2.09 bits per heavy atom. The third-order valence-corrected chi connectivity index (χ3v) is 6.75. The highest BCUT2D eigenvalue weighted by molar-refractivity contribution is 6.84. The van der Waals surface area contributed by atoms with Crippen molar-refractivity contribution in [2.45, 2.75) is 33.6 Å². The molecule has 3 aromatic carbocycles. The van der Waals surface area contributed by atoms with Crippen LogP contribution in [0.25, 0.3) is 0 Å². The lowest BCUT2D eigenvalue weighted by atomic mass is 9.60. The monoisotopic (exact) mass is 432 g/mol. The summed E-state index contributed by atoms with van der Waals surface area (Å²) in [5, 5.41) is 0. The van der Waals surface area contributed by atoms with Crippen molar-refractivity contribution < 1.29 is 4.57 Å². The van der Waals surface area contributed by atoms with E-state index in [1.165, 1.54) is 45.0 Å². The van der Waals surface area contributed by atoms with Gasteiger partial charge in [-0.3, -0.25) is 4.81 Å². The second kappa shape index (κ2) is 8.44. The molecule has 0 aliphatic carbocycles. The first kappa shape index (κ1) is 21.3. The van der Waals surface area contributed by atoms with Gasteiger partial charge in [0.2, 0.25) is 0 Å². The summed E-state index contributed by atoms with van der Waals surface area (Å²) in [5.74, 6) is 1.63. The molecule has 3 nitrogen and oxygen atoms in total. The second-order valence-electron chi connectivity index (χ2n) is 9.30. The molecule has 0 saturated carbocycles. The molecule has 0 unspecified atom stereocenters. The van der Waals surface area contributed by atoms with Crippen LogP contribution in [0.2, 0.25) is 0 Å². The van der Waals surface area contributed by atoms with Crippen LogP contribution in [-0.2, 0) is 7.05 Å². The minimum Gasteiger partial charge on any atom is -0.333 e. The molecule has 2 heterocycles. The summed E-state index contributed by atoms with van der Waals surface area (Å²) in [6, 6.07) is 30.7. The molecule has 5 rings (SSSR count). The van der Waals surface area contributed by atoms with Crippen molar-refractivity contribution in [1.82, 2.24) is 0 Å². The molecule has 4 heteroatoms. The fourth-order valence-corrected chi connectivity index (χ4v) is 5.20. The summed E-state index contributed by atoms with van der Waals surface area (Å²) < 4.78 is 2.25. The lowest BCUT2D eigenvalue weighted by Gasteiger charge is -2.28. The Balaban J connectivity index is 1.88. The van der Waals surface area contributed by atoms with Gasteiger partial charge in [0, 0.05) is 11.2 Å². The summed E-state index contributed by atoms with van der Waals surface area (Å²) >= 11 is 0. The predicted octanol–water partition coefficient (Wildman–Crippen LogP) is 5.94. The van der Waals surface area contributed by atoms with Crippen LogP contribution in [0.5, 0.6) is 0 Å². The zero-order chi connectivity index (χ0) is 23.1. The third-order valence-electron chi connectivity index (χ3n) is 6.75. The molecule has 0 N–H and O–H groups in total. The molecular weight excluding hydrogens is 401 g/mol. The third kappa shape index (κ3) is 3.50. The minimum atomic E-state index is 0.00991. The van der Waals surface area contributed by atoms with E-state index >= 15 is 0 Å². The summed E-state index contributed by atoms with van der Waals surface area (Å²) in [4.78, 5) is 5.04. The molecule has 33 heavy (non-hydrogen) atoms. The second-order valence-corrected chi connectivity index (χ2v) is 9.30. The van der Waals surface area contributed by atoms with Gasteiger partial charge in [-0.25, -0.2) is 4.57 Å². The van der Waals surface area contributed by atoms with E-state index in [4.69, 9.17) is 0 Å². The Kier molecular flexibility index (Phi) is 5.45. The summed E-state index contributed by atoms with van der Waals surface area (Å²) in [5.41, 5.74) is 9.03. The fourth-order valence-electron chi connectivity index (χ4n) is 5.20. The molecule has 0 saturated heterocycles. The van der Waals surface area contributed by atoms with Crippen LogP contribution in [0.1, 0.15) is 36.5 Å². The molecule has 1 aliphatic heterocycles. The first-order valence-corrected chi connectivity index (χ1v) is 11.8. The molecule has 4 aromatic rings. The number of nitrogens with zero attached hydrogens (tertiary/aromatic N) is 3. The number of rotatable bonds is 4. The number of fused-ring (bicyclic) bond motifs is 1. The Labute approximate surface area is 198 Å². The van der Waals surface area contributed by atoms with Crippen molar-refractivity contribution in [3.05, 3.63) is 108 Å². The Hall–Kier alpha value is -3.53. The highest BCUT2D eigenvalue weighted by atomic mass is 15.4. The summed E-state index contributed by atoms with van der Waals surface area (Å²) in [6.45, 7) is 9.07. The topological polar surface area (TPSA) is 10.4 Å². The fraction of sp³-hybridized carbons (Fsp3) is 0.207. The quantitative estimate of drug-likeness (QED) is 0.292. The molecule has 0 atom stereocenters. The average Bonchev–Trinajstić information content (AvgIpc) is 3.15. The average molecular weight is 432 g/mol. The van der Waals surface area contributed by atoms with Crippen LogP contribution in [0.3, 0.4) is 0 Å². The van der Waals surface area contributed by atoms with Crippen LogP contribution in [-0.4, -0.2) is 6.98 Å². The van der Waals surface area contributed by atoms with E-state index in [0.29, 0.717) is 5.92 Å². The predicted molar refractivity (Wildman–Crippen MR) is 140 cm³/mol. The largest absolute Gasteiger partial charge is 0.543 e. The maximum Gasteiger partial charge on any atom is 0.543 e. The van der Waals surface area contributed by atoms with E-state index in [1.807, 2.05) is 0 Å². The maximum absolute atomic E-state index is 2.53. The molecular formula is C29H31BN3+. The van der Waals surface area contributed by atoms with Crippen LogP contribution in [0, 0.1) is 13.8 Å². The van der Waals surface area contributed by atoms with Crippen LogP contribution in [0.4, 0.5) is 22.9 Å². The van der Waals surface area contributed by atoms with E-state index in [-0.39, 0.29) is 6.98 Å². The van der Waals surface area contributed by atoms with Gasteiger partial charge in [-0.05, 0) is 66.8 Å². The number of benzene rings is 3. The molecule has 1 aromatic heterocycles. The number of hydrogen-bond acceptors (Lipinski definition) is 2.